The van der Waals surface area contributed by atoms with E-state index in [1.54, 1.807) is 25.2 Å². The lowest BCUT2D eigenvalue weighted by atomic mass is 9.74. The van der Waals surface area contributed by atoms with Crippen molar-refractivity contribution >= 4 is 11.9 Å². The molecular formula is C23H27NO6. The molecule has 7 nitrogen and oxygen atoms in total. The lowest BCUT2D eigenvalue weighted by molar-refractivity contribution is -0.148. The Kier molecular flexibility index (Phi) is 5.10. The number of hydrogen-bond donors (Lipinski definition) is 1. The highest BCUT2D eigenvalue weighted by molar-refractivity contribution is 5.91. The van der Waals surface area contributed by atoms with E-state index in [0.717, 1.165) is 11.1 Å². The molecular weight excluding hydrogens is 386 g/mol. The molecule has 2 fully saturated rings. The maximum atomic E-state index is 13.4. The fourth-order valence-electron chi connectivity index (χ4n) is 5.15. The molecule has 3 aliphatic rings. The first-order chi connectivity index (χ1) is 14.3. The molecule has 5 atom stereocenters. The molecule has 0 aromatic heterocycles. The summed E-state index contributed by atoms with van der Waals surface area (Å²) in [6.07, 6.45) is 4.33. The van der Waals surface area contributed by atoms with Gasteiger partial charge in [0.15, 0.2) is 11.5 Å². The van der Waals surface area contributed by atoms with Crippen LogP contribution < -0.4 is 9.47 Å². The van der Waals surface area contributed by atoms with Crippen LogP contribution in [-0.4, -0.2) is 60.4 Å². The molecule has 2 saturated heterocycles. The number of nitrogens with zero attached hydrogens (tertiary/aromatic N) is 1. The Morgan fingerprint density at radius 1 is 1.30 bits per heavy atom. The van der Waals surface area contributed by atoms with Gasteiger partial charge in [0, 0.05) is 6.54 Å². The van der Waals surface area contributed by atoms with Crippen molar-refractivity contribution in [3.8, 4) is 11.5 Å². The van der Waals surface area contributed by atoms with Gasteiger partial charge >= 0.3 is 5.97 Å². The molecule has 30 heavy (non-hydrogen) atoms. The quantitative estimate of drug-likeness (QED) is 0.659. The lowest BCUT2D eigenvalue weighted by Crippen LogP contribution is -2.45. The van der Waals surface area contributed by atoms with Gasteiger partial charge in [0.2, 0.25) is 5.91 Å². The summed E-state index contributed by atoms with van der Waals surface area (Å²) in [5, 5.41) is 9.74. The van der Waals surface area contributed by atoms with Crippen molar-refractivity contribution < 1.29 is 28.9 Å². The Labute approximate surface area is 175 Å². The van der Waals surface area contributed by atoms with Crippen LogP contribution in [0.1, 0.15) is 18.9 Å². The molecule has 160 valence electrons. The second-order valence-electron chi connectivity index (χ2n) is 8.28. The normalized spacial score (nSPS) is 31.2. The molecule has 1 spiro atoms. The van der Waals surface area contributed by atoms with E-state index in [0.29, 0.717) is 30.9 Å². The summed E-state index contributed by atoms with van der Waals surface area (Å²) in [7, 11) is 3.17. The average molecular weight is 413 g/mol. The molecule has 0 saturated carbocycles. The van der Waals surface area contributed by atoms with Crippen LogP contribution >= 0.6 is 0 Å². The van der Waals surface area contributed by atoms with Crippen LogP contribution in [0.3, 0.4) is 0 Å². The number of fused-ring (bicyclic) bond motifs is 1. The fourth-order valence-corrected chi connectivity index (χ4v) is 5.15. The third-order valence-electron chi connectivity index (χ3n) is 6.45. The van der Waals surface area contributed by atoms with Gasteiger partial charge in [0.05, 0.1) is 32.3 Å². The Bertz CT molecular complexity index is 924. The molecule has 0 unspecified atom stereocenters. The second kappa shape index (κ2) is 7.47. The number of likely N-dealkylation sites (tertiary alicyclic amines) is 1. The smallest absolute Gasteiger partial charge is 0.310 e. The minimum atomic E-state index is -0.986. The highest BCUT2D eigenvalue weighted by Crippen LogP contribution is 2.56. The van der Waals surface area contributed by atoms with Gasteiger partial charge < -0.3 is 24.2 Å². The number of hydrogen-bond acceptors (Lipinski definition) is 5. The zero-order valence-electron chi connectivity index (χ0n) is 17.5. The number of methoxy groups -OCH3 is 2. The maximum Gasteiger partial charge on any atom is 0.310 e. The van der Waals surface area contributed by atoms with E-state index in [-0.39, 0.29) is 11.9 Å². The van der Waals surface area contributed by atoms with E-state index in [2.05, 4.69) is 6.58 Å². The number of aliphatic carboxylic acids is 1. The topological polar surface area (TPSA) is 85.3 Å². The zero-order chi connectivity index (χ0) is 21.6. The minimum absolute atomic E-state index is 0.152. The van der Waals surface area contributed by atoms with Gasteiger partial charge in [-0.25, -0.2) is 0 Å². The fraction of sp³-hybridized carbons (Fsp3) is 0.478. The summed E-state index contributed by atoms with van der Waals surface area (Å²) >= 11 is 0. The Morgan fingerprint density at radius 2 is 2.03 bits per heavy atom. The van der Waals surface area contributed by atoms with Crippen LogP contribution in [0, 0.1) is 11.8 Å². The molecule has 1 aromatic rings. The maximum absolute atomic E-state index is 13.4. The number of carbonyl (C=O) groups excluding carboxylic acids is 1. The van der Waals surface area contributed by atoms with Crippen molar-refractivity contribution in [1.82, 2.24) is 4.90 Å². The zero-order valence-corrected chi connectivity index (χ0v) is 17.5. The third kappa shape index (κ3) is 2.99. The largest absolute Gasteiger partial charge is 0.493 e. The van der Waals surface area contributed by atoms with Crippen molar-refractivity contribution in [2.24, 2.45) is 11.8 Å². The number of amides is 1. The van der Waals surface area contributed by atoms with Gasteiger partial charge in [-0.05, 0) is 37.5 Å². The molecule has 7 heteroatoms. The first-order valence-electron chi connectivity index (χ1n) is 10.1. The van der Waals surface area contributed by atoms with Crippen LogP contribution in [-0.2, 0) is 20.7 Å². The van der Waals surface area contributed by atoms with Gasteiger partial charge in [-0.2, -0.15) is 0 Å². The van der Waals surface area contributed by atoms with E-state index in [9.17, 15) is 14.7 Å². The molecule has 1 amide bonds. The molecule has 3 heterocycles. The molecule has 1 N–H and O–H groups in total. The molecule has 1 aromatic carbocycles. The molecule has 2 bridgehead atoms. The first-order valence-corrected chi connectivity index (χ1v) is 10.1. The number of carboxylic acid groups (broad SMARTS) is 1. The average Bonchev–Trinajstić information content (AvgIpc) is 3.35. The number of carboxylic acids is 1. The molecule has 0 radical (unpaired) electrons. The van der Waals surface area contributed by atoms with Gasteiger partial charge in [0.1, 0.15) is 11.5 Å². The first kappa shape index (κ1) is 20.5. The number of carbonyl (C=O) groups is 2. The predicted molar refractivity (Wildman–Crippen MR) is 110 cm³/mol. The van der Waals surface area contributed by atoms with E-state index in [1.807, 2.05) is 31.2 Å². The summed E-state index contributed by atoms with van der Waals surface area (Å²) in [6, 6.07) is 5.41. The van der Waals surface area contributed by atoms with Crippen LogP contribution in [0.4, 0.5) is 0 Å². The summed E-state index contributed by atoms with van der Waals surface area (Å²) < 4.78 is 16.8. The Hall–Kier alpha value is -2.80. The van der Waals surface area contributed by atoms with Crippen LogP contribution in [0.25, 0.3) is 0 Å². The van der Waals surface area contributed by atoms with Gasteiger partial charge in [0.25, 0.3) is 0 Å². The van der Waals surface area contributed by atoms with Crippen LogP contribution in [0.2, 0.25) is 0 Å². The van der Waals surface area contributed by atoms with Crippen molar-refractivity contribution in [2.75, 3.05) is 20.8 Å². The highest BCUT2D eigenvalue weighted by Gasteiger charge is 2.70. The highest BCUT2D eigenvalue weighted by atomic mass is 16.5. The van der Waals surface area contributed by atoms with E-state index >= 15 is 0 Å². The SMILES string of the molecule is C=C(C)C[C@@H]1N(CCc2ccc(OC)c(OC)c2)C(=O)[C@@H]2[C@H](C(=O)O)[C@H]3C=C[C@]21O3. The van der Waals surface area contributed by atoms with Crippen LogP contribution in [0.5, 0.6) is 11.5 Å². The van der Waals surface area contributed by atoms with Crippen molar-refractivity contribution in [3.63, 3.8) is 0 Å². The molecule has 3 aliphatic heterocycles. The summed E-state index contributed by atoms with van der Waals surface area (Å²) in [5.74, 6) is -1.40. The number of benzene rings is 1. The Balaban J connectivity index is 1.61. The monoisotopic (exact) mass is 413 g/mol. The molecule has 0 aliphatic carbocycles. The predicted octanol–water partition coefficient (Wildman–Crippen LogP) is 2.45. The summed E-state index contributed by atoms with van der Waals surface area (Å²) in [6.45, 7) is 6.40. The van der Waals surface area contributed by atoms with Crippen LogP contribution in [0.15, 0.2) is 42.5 Å². The number of rotatable bonds is 8. The Morgan fingerprint density at radius 3 is 2.67 bits per heavy atom. The summed E-state index contributed by atoms with van der Waals surface area (Å²) in [5.41, 5.74) is 1.04. The van der Waals surface area contributed by atoms with Gasteiger partial charge in [-0.3, -0.25) is 9.59 Å². The van der Waals surface area contributed by atoms with E-state index in [4.69, 9.17) is 14.2 Å². The van der Waals surface area contributed by atoms with Crippen molar-refractivity contribution in [1.29, 1.82) is 0 Å². The van der Waals surface area contributed by atoms with Gasteiger partial charge in [-0.1, -0.05) is 23.8 Å². The van der Waals surface area contributed by atoms with Gasteiger partial charge in [-0.15, -0.1) is 6.58 Å². The van der Waals surface area contributed by atoms with E-state index in [1.165, 1.54) is 0 Å². The van der Waals surface area contributed by atoms with Crippen molar-refractivity contribution in [3.05, 3.63) is 48.1 Å². The number of ether oxygens (including phenoxy) is 3. The van der Waals surface area contributed by atoms with Crippen molar-refractivity contribution in [2.45, 2.75) is 37.5 Å². The van der Waals surface area contributed by atoms with E-state index < -0.39 is 29.5 Å². The second-order valence-corrected chi connectivity index (χ2v) is 8.28. The minimum Gasteiger partial charge on any atom is -0.493 e. The standard InChI is InChI=1S/C23H27NO6/c1-13(2)11-18-23-9-7-16(30-23)19(22(26)27)20(23)21(25)24(18)10-8-14-5-6-15(28-3)17(12-14)29-4/h5-7,9,12,16,18-20H,1,8,10-11H2,2-4H3,(H,26,27)/t16-,18+,19-,20+,23-/m1/s1. The third-order valence-corrected chi connectivity index (χ3v) is 6.45. The summed E-state index contributed by atoms with van der Waals surface area (Å²) in [4.78, 5) is 27.1. The molecule has 4 rings (SSSR count). The lowest BCUT2D eigenvalue weighted by Gasteiger charge is -2.33.